The van der Waals surface area contributed by atoms with E-state index in [9.17, 15) is 0 Å². The van der Waals surface area contributed by atoms with Gasteiger partial charge in [-0.3, -0.25) is 4.68 Å². The molecule has 4 heteroatoms. The Balaban J connectivity index is 1.86. The van der Waals surface area contributed by atoms with Gasteiger partial charge in [0.05, 0.1) is 11.2 Å². The summed E-state index contributed by atoms with van der Waals surface area (Å²) in [4.78, 5) is 0. The number of thioether (sulfide) groups is 1. The van der Waals surface area contributed by atoms with Gasteiger partial charge in [-0.2, -0.15) is 16.9 Å². The zero-order valence-electron chi connectivity index (χ0n) is 10.7. The lowest BCUT2D eigenvalue weighted by Gasteiger charge is -2.16. The molecule has 2 heterocycles. The quantitative estimate of drug-likeness (QED) is 0.922. The van der Waals surface area contributed by atoms with Crippen molar-refractivity contribution < 1.29 is 0 Å². The van der Waals surface area contributed by atoms with Gasteiger partial charge in [0.2, 0.25) is 0 Å². The maximum atomic E-state index is 6.34. The molecular weight excluding hydrogens is 242 g/mol. The van der Waals surface area contributed by atoms with Crippen molar-refractivity contribution in [3.8, 4) is 0 Å². The molecule has 2 aromatic rings. The van der Waals surface area contributed by atoms with E-state index in [0.29, 0.717) is 5.25 Å². The third-order valence-corrected chi connectivity index (χ3v) is 5.24. The summed E-state index contributed by atoms with van der Waals surface area (Å²) in [5.41, 5.74) is 8.68. The fraction of sp³-hybridized carbons (Fsp3) is 0.500. The topological polar surface area (TPSA) is 43.8 Å². The van der Waals surface area contributed by atoms with Gasteiger partial charge in [0.1, 0.15) is 0 Å². The smallest absolute Gasteiger partial charge is 0.0719 e. The molecule has 1 fully saturated rings. The Morgan fingerprint density at radius 2 is 2.33 bits per heavy atom. The van der Waals surface area contributed by atoms with E-state index in [0.717, 1.165) is 12.1 Å². The van der Waals surface area contributed by atoms with Gasteiger partial charge < -0.3 is 5.73 Å². The summed E-state index contributed by atoms with van der Waals surface area (Å²) in [5, 5.41) is 6.49. The number of aromatic nitrogens is 2. The van der Waals surface area contributed by atoms with Crippen LogP contribution in [0.1, 0.15) is 18.5 Å². The summed E-state index contributed by atoms with van der Waals surface area (Å²) in [6.45, 7) is 0. The molecule has 1 aliphatic rings. The molecule has 1 aromatic carbocycles. The van der Waals surface area contributed by atoms with Gasteiger partial charge in [0, 0.05) is 30.1 Å². The molecule has 2 unspecified atom stereocenters. The number of nitrogens with zero attached hydrogens (tertiary/aromatic N) is 2. The number of benzene rings is 1. The molecule has 0 bridgehead atoms. The summed E-state index contributed by atoms with van der Waals surface area (Å²) in [6.07, 6.45) is 3.46. The Hall–Kier alpha value is -1.00. The van der Waals surface area contributed by atoms with Crippen LogP contribution in [0.25, 0.3) is 10.9 Å². The lowest BCUT2D eigenvalue weighted by molar-refractivity contribution is 0.597. The van der Waals surface area contributed by atoms with Crippen molar-refractivity contribution >= 4 is 22.7 Å². The Labute approximate surface area is 112 Å². The van der Waals surface area contributed by atoms with E-state index in [1.807, 2.05) is 23.5 Å². The van der Waals surface area contributed by atoms with Crippen molar-refractivity contribution in [2.24, 2.45) is 12.8 Å². The largest absolute Gasteiger partial charge is 0.326 e. The SMILES string of the molecule is Cn1nc(CC(N)C2CCCS2)c2ccccc21. The lowest BCUT2D eigenvalue weighted by Crippen LogP contribution is -2.33. The molecule has 0 amide bonds. The van der Waals surface area contributed by atoms with Crippen LogP contribution in [0.2, 0.25) is 0 Å². The minimum absolute atomic E-state index is 0.232. The average molecular weight is 261 g/mol. The van der Waals surface area contributed by atoms with Crippen LogP contribution in [-0.4, -0.2) is 26.8 Å². The molecule has 2 N–H and O–H groups in total. The van der Waals surface area contributed by atoms with Gasteiger partial charge in [0.25, 0.3) is 0 Å². The second-order valence-electron chi connectivity index (χ2n) is 5.01. The van der Waals surface area contributed by atoms with E-state index in [4.69, 9.17) is 5.73 Å². The summed E-state index contributed by atoms with van der Waals surface area (Å²) in [6, 6.07) is 8.62. The van der Waals surface area contributed by atoms with Crippen LogP contribution >= 0.6 is 11.8 Å². The highest BCUT2D eigenvalue weighted by atomic mass is 32.2. The first-order chi connectivity index (χ1) is 8.75. The molecule has 2 atom stereocenters. The molecule has 0 saturated carbocycles. The zero-order valence-corrected chi connectivity index (χ0v) is 11.5. The number of rotatable bonds is 3. The van der Waals surface area contributed by atoms with Crippen LogP contribution in [0.15, 0.2) is 24.3 Å². The van der Waals surface area contributed by atoms with Crippen LogP contribution in [-0.2, 0) is 13.5 Å². The molecule has 3 nitrogen and oxygen atoms in total. The van der Waals surface area contributed by atoms with E-state index < -0.39 is 0 Å². The lowest BCUT2D eigenvalue weighted by atomic mass is 10.0. The highest BCUT2D eigenvalue weighted by Crippen LogP contribution is 2.30. The summed E-state index contributed by atoms with van der Waals surface area (Å²) in [7, 11) is 2.00. The second kappa shape index (κ2) is 4.94. The highest BCUT2D eigenvalue weighted by Gasteiger charge is 2.24. The first kappa shape index (κ1) is 12.1. The van der Waals surface area contributed by atoms with E-state index in [1.165, 1.54) is 29.5 Å². The van der Waals surface area contributed by atoms with Crippen molar-refractivity contribution in [3.05, 3.63) is 30.0 Å². The summed E-state index contributed by atoms with van der Waals surface area (Å²) >= 11 is 2.02. The number of aryl methyl sites for hydroxylation is 1. The van der Waals surface area contributed by atoms with Gasteiger partial charge in [-0.15, -0.1) is 0 Å². The molecule has 0 spiro atoms. The standard InChI is InChI=1S/C14H19N3S/c1-17-13-6-3-2-5-10(13)12(16-17)9-11(15)14-7-4-8-18-14/h2-3,5-6,11,14H,4,7-9,15H2,1H3. The molecule has 1 saturated heterocycles. The van der Waals surface area contributed by atoms with Crippen LogP contribution in [0.5, 0.6) is 0 Å². The Bertz CT molecular complexity index is 543. The highest BCUT2D eigenvalue weighted by molar-refractivity contribution is 8.00. The molecule has 0 radical (unpaired) electrons. The monoisotopic (exact) mass is 261 g/mol. The molecule has 96 valence electrons. The number of hydrogen-bond donors (Lipinski definition) is 1. The maximum Gasteiger partial charge on any atom is 0.0719 e. The zero-order chi connectivity index (χ0) is 12.5. The Morgan fingerprint density at radius 1 is 1.50 bits per heavy atom. The van der Waals surface area contributed by atoms with Gasteiger partial charge >= 0.3 is 0 Å². The van der Waals surface area contributed by atoms with Gasteiger partial charge in [0.15, 0.2) is 0 Å². The van der Waals surface area contributed by atoms with Gasteiger partial charge in [-0.1, -0.05) is 18.2 Å². The molecule has 1 aromatic heterocycles. The predicted molar refractivity (Wildman–Crippen MR) is 77.9 cm³/mol. The third-order valence-electron chi connectivity index (χ3n) is 3.71. The van der Waals surface area contributed by atoms with Crippen molar-refractivity contribution in [1.82, 2.24) is 9.78 Å². The van der Waals surface area contributed by atoms with Crippen LogP contribution in [0, 0.1) is 0 Å². The van der Waals surface area contributed by atoms with Crippen molar-refractivity contribution in [2.75, 3.05) is 5.75 Å². The fourth-order valence-corrected chi connectivity index (χ4v) is 4.05. The van der Waals surface area contributed by atoms with Gasteiger partial charge in [-0.25, -0.2) is 0 Å². The minimum atomic E-state index is 0.232. The second-order valence-corrected chi connectivity index (χ2v) is 6.35. The van der Waals surface area contributed by atoms with Gasteiger partial charge in [-0.05, 0) is 24.7 Å². The van der Waals surface area contributed by atoms with E-state index in [1.54, 1.807) is 0 Å². The molecule has 18 heavy (non-hydrogen) atoms. The summed E-state index contributed by atoms with van der Waals surface area (Å²) < 4.78 is 1.96. The van der Waals surface area contributed by atoms with Crippen LogP contribution in [0.3, 0.4) is 0 Å². The van der Waals surface area contributed by atoms with Crippen LogP contribution < -0.4 is 5.73 Å². The molecule has 1 aliphatic heterocycles. The van der Waals surface area contributed by atoms with Crippen molar-refractivity contribution in [3.63, 3.8) is 0 Å². The average Bonchev–Trinajstić information content (AvgIpc) is 3.00. The van der Waals surface area contributed by atoms with E-state index in [2.05, 4.69) is 29.4 Å². The first-order valence-electron chi connectivity index (χ1n) is 6.53. The number of para-hydroxylation sites is 1. The Morgan fingerprint density at radius 3 is 3.11 bits per heavy atom. The predicted octanol–water partition coefficient (Wildman–Crippen LogP) is 2.34. The third kappa shape index (κ3) is 2.15. The van der Waals surface area contributed by atoms with E-state index in [-0.39, 0.29) is 6.04 Å². The first-order valence-corrected chi connectivity index (χ1v) is 7.58. The number of fused-ring (bicyclic) bond motifs is 1. The molecule has 3 rings (SSSR count). The maximum absolute atomic E-state index is 6.34. The fourth-order valence-electron chi connectivity index (χ4n) is 2.73. The minimum Gasteiger partial charge on any atom is -0.326 e. The normalized spacial score (nSPS) is 21.6. The molecule has 0 aliphatic carbocycles. The molecular formula is C14H19N3S. The van der Waals surface area contributed by atoms with Crippen LogP contribution in [0.4, 0.5) is 0 Å². The van der Waals surface area contributed by atoms with Crippen molar-refractivity contribution in [2.45, 2.75) is 30.6 Å². The Kier molecular flexibility index (Phi) is 3.31. The van der Waals surface area contributed by atoms with E-state index >= 15 is 0 Å². The number of hydrogen-bond acceptors (Lipinski definition) is 3. The van der Waals surface area contributed by atoms with Crippen molar-refractivity contribution in [1.29, 1.82) is 0 Å². The summed E-state index contributed by atoms with van der Waals surface area (Å²) in [5.74, 6) is 1.27. The number of nitrogens with two attached hydrogens (primary N) is 1.